The third-order valence-electron chi connectivity index (χ3n) is 6.32. The fourth-order valence-electron chi connectivity index (χ4n) is 5.61. The summed E-state index contributed by atoms with van der Waals surface area (Å²) >= 11 is 0. The number of aryl methyl sites for hydroxylation is 1. The normalized spacial score (nSPS) is 37.4. The zero-order chi connectivity index (χ0) is 14.6. The Balaban J connectivity index is 1.65. The fourth-order valence-corrected chi connectivity index (χ4v) is 5.61. The van der Waals surface area contributed by atoms with Gasteiger partial charge in [0.2, 0.25) is 0 Å². The van der Waals surface area contributed by atoms with Crippen LogP contribution < -0.4 is 10.1 Å². The van der Waals surface area contributed by atoms with Crippen LogP contribution in [-0.4, -0.2) is 13.7 Å². The molecule has 1 aromatic rings. The first-order chi connectivity index (χ1) is 10.2. The van der Waals surface area contributed by atoms with Gasteiger partial charge in [0.15, 0.2) is 0 Å². The van der Waals surface area contributed by atoms with Gasteiger partial charge in [-0.2, -0.15) is 0 Å². The Hall–Kier alpha value is -1.02. The average Bonchev–Trinajstić information content (AvgIpc) is 2.90. The molecule has 0 saturated heterocycles. The van der Waals surface area contributed by atoms with E-state index in [1.807, 2.05) is 0 Å². The van der Waals surface area contributed by atoms with Crippen LogP contribution in [0.5, 0.6) is 5.75 Å². The van der Waals surface area contributed by atoms with Crippen LogP contribution in [0.4, 0.5) is 0 Å². The lowest BCUT2D eigenvalue weighted by Gasteiger charge is -2.24. The van der Waals surface area contributed by atoms with E-state index in [-0.39, 0.29) is 0 Å². The van der Waals surface area contributed by atoms with Crippen molar-refractivity contribution in [2.45, 2.75) is 39.2 Å². The molecule has 1 N–H and O–H groups in total. The highest BCUT2D eigenvalue weighted by Gasteiger charge is 2.66. The van der Waals surface area contributed by atoms with Crippen LogP contribution in [0.15, 0.2) is 18.2 Å². The van der Waals surface area contributed by atoms with E-state index in [1.54, 1.807) is 7.11 Å². The standard InChI is InChI=1S/C19H27NO/c1-4-20-19(14-9-11(2)5-8-15(14)21-3)18-16-12-6-7-13(10-12)17(16)18/h5,8-9,12-13,16-20H,4,6-7,10H2,1-3H3. The van der Waals surface area contributed by atoms with Crippen molar-refractivity contribution in [3.63, 3.8) is 0 Å². The minimum Gasteiger partial charge on any atom is -0.496 e. The maximum atomic E-state index is 5.66. The molecular formula is C19H27NO. The molecular weight excluding hydrogens is 258 g/mol. The Bertz CT molecular complexity index is 524. The molecule has 2 nitrogen and oxygen atoms in total. The first-order valence-corrected chi connectivity index (χ1v) is 8.62. The maximum absolute atomic E-state index is 5.66. The van der Waals surface area contributed by atoms with Gasteiger partial charge in [-0.05, 0) is 68.4 Å². The highest BCUT2D eigenvalue weighted by Crippen LogP contribution is 2.72. The Morgan fingerprint density at radius 2 is 1.95 bits per heavy atom. The summed E-state index contributed by atoms with van der Waals surface area (Å²) in [5.74, 6) is 5.97. The maximum Gasteiger partial charge on any atom is 0.123 e. The molecule has 3 aliphatic carbocycles. The molecule has 5 unspecified atom stereocenters. The summed E-state index contributed by atoms with van der Waals surface area (Å²) in [7, 11) is 1.80. The van der Waals surface area contributed by atoms with E-state index in [0.29, 0.717) is 6.04 Å². The number of hydrogen-bond acceptors (Lipinski definition) is 2. The number of nitrogens with one attached hydrogen (secondary N) is 1. The first-order valence-electron chi connectivity index (χ1n) is 8.62. The molecule has 1 aromatic carbocycles. The van der Waals surface area contributed by atoms with Crippen molar-refractivity contribution in [1.82, 2.24) is 5.32 Å². The van der Waals surface area contributed by atoms with Crippen molar-refractivity contribution in [1.29, 1.82) is 0 Å². The van der Waals surface area contributed by atoms with Gasteiger partial charge >= 0.3 is 0 Å². The zero-order valence-corrected chi connectivity index (χ0v) is 13.4. The summed E-state index contributed by atoms with van der Waals surface area (Å²) in [4.78, 5) is 0. The molecule has 0 aromatic heterocycles. The SMILES string of the molecule is CCNC(c1cc(C)ccc1OC)C1C2C3CCC(C3)C21. The molecule has 2 bridgehead atoms. The van der Waals surface area contributed by atoms with Gasteiger partial charge in [0.1, 0.15) is 5.75 Å². The van der Waals surface area contributed by atoms with Gasteiger partial charge in [0, 0.05) is 11.6 Å². The van der Waals surface area contributed by atoms with Gasteiger partial charge in [-0.25, -0.2) is 0 Å². The van der Waals surface area contributed by atoms with E-state index < -0.39 is 0 Å². The van der Waals surface area contributed by atoms with E-state index in [0.717, 1.165) is 41.9 Å². The molecule has 3 fully saturated rings. The second-order valence-corrected chi connectivity index (χ2v) is 7.35. The van der Waals surface area contributed by atoms with E-state index >= 15 is 0 Å². The quantitative estimate of drug-likeness (QED) is 0.884. The van der Waals surface area contributed by atoms with Crippen molar-refractivity contribution in [3.8, 4) is 5.75 Å². The van der Waals surface area contributed by atoms with Crippen LogP contribution in [0.1, 0.15) is 43.4 Å². The summed E-state index contributed by atoms with van der Waals surface area (Å²) in [6.07, 6.45) is 4.51. The molecule has 2 heteroatoms. The fraction of sp³-hybridized carbons (Fsp3) is 0.684. The Morgan fingerprint density at radius 3 is 2.57 bits per heavy atom. The predicted octanol–water partition coefficient (Wildman–Crippen LogP) is 3.95. The molecule has 0 amide bonds. The van der Waals surface area contributed by atoms with Crippen LogP contribution in [-0.2, 0) is 0 Å². The average molecular weight is 285 g/mol. The van der Waals surface area contributed by atoms with E-state index in [9.17, 15) is 0 Å². The van der Waals surface area contributed by atoms with Gasteiger partial charge in [0.05, 0.1) is 7.11 Å². The topological polar surface area (TPSA) is 21.3 Å². The number of ether oxygens (including phenoxy) is 1. The largest absolute Gasteiger partial charge is 0.496 e. The molecule has 3 saturated carbocycles. The molecule has 0 spiro atoms. The van der Waals surface area contributed by atoms with E-state index in [2.05, 4.69) is 37.4 Å². The van der Waals surface area contributed by atoms with Crippen molar-refractivity contribution in [3.05, 3.63) is 29.3 Å². The molecule has 3 aliphatic rings. The number of fused-ring (bicyclic) bond motifs is 5. The number of hydrogen-bond donors (Lipinski definition) is 1. The number of rotatable bonds is 5. The lowest BCUT2D eigenvalue weighted by Crippen LogP contribution is -2.26. The first kappa shape index (κ1) is 13.6. The number of benzene rings is 1. The summed E-state index contributed by atoms with van der Waals surface area (Å²) < 4.78 is 5.66. The van der Waals surface area contributed by atoms with Crippen LogP contribution >= 0.6 is 0 Å². The highest BCUT2D eigenvalue weighted by atomic mass is 16.5. The molecule has 21 heavy (non-hydrogen) atoms. The second-order valence-electron chi connectivity index (χ2n) is 7.35. The molecule has 114 valence electrons. The highest BCUT2D eigenvalue weighted by molar-refractivity contribution is 5.41. The van der Waals surface area contributed by atoms with Crippen molar-refractivity contribution in [2.24, 2.45) is 29.6 Å². The Kier molecular flexibility index (Phi) is 3.25. The van der Waals surface area contributed by atoms with Gasteiger partial charge in [0.25, 0.3) is 0 Å². The van der Waals surface area contributed by atoms with Crippen LogP contribution in [0, 0.1) is 36.5 Å². The van der Waals surface area contributed by atoms with Crippen molar-refractivity contribution < 1.29 is 4.74 Å². The van der Waals surface area contributed by atoms with E-state index in [1.165, 1.54) is 30.4 Å². The van der Waals surface area contributed by atoms with Gasteiger partial charge in [-0.3, -0.25) is 0 Å². The third kappa shape index (κ3) is 2.03. The molecule has 0 aliphatic heterocycles. The summed E-state index contributed by atoms with van der Waals surface area (Å²) in [6.45, 7) is 5.44. The summed E-state index contributed by atoms with van der Waals surface area (Å²) in [5.41, 5.74) is 2.72. The molecule has 5 atom stereocenters. The smallest absolute Gasteiger partial charge is 0.123 e. The minimum absolute atomic E-state index is 0.489. The lowest BCUT2D eigenvalue weighted by molar-refractivity contribution is 0.354. The summed E-state index contributed by atoms with van der Waals surface area (Å²) in [6, 6.07) is 7.12. The van der Waals surface area contributed by atoms with Gasteiger partial charge in [-0.15, -0.1) is 0 Å². The Morgan fingerprint density at radius 1 is 1.24 bits per heavy atom. The number of methoxy groups -OCH3 is 1. The van der Waals surface area contributed by atoms with E-state index in [4.69, 9.17) is 4.74 Å². The third-order valence-corrected chi connectivity index (χ3v) is 6.32. The summed E-state index contributed by atoms with van der Waals surface area (Å²) in [5, 5.41) is 3.78. The zero-order valence-electron chi connectivity index (χ0n) is 13.4. The van der Waals surface area contributed by atoms with Gasteiger partial charge < -0.3 is 10.1 Å². The predicted molar refractivity (Wildman–Crippen MR) is 85.4 cm³/mol. The van der Waals surface area contributed by atoms with Crippen LogP contribution in [0.2, 0.25) is 0 Å². The molecule has 0 radical (unpaired) electrons. The van der Waals surface area contributed by atoms with Crippen molar-refractivity contribution >= 4 is 0 Å². The van der Waals surface area contributed by atoms with Crippen LogP contribution in [0.25, 0.3) is 0 Å². The van der Waals surface area contributed by atoms with Gasteiger partial charge in [-0.1, -0.05) is 24.6 Å². The molecule has 4 rings (SSSR count). The van der Waals surface area contributed by atoms with Crippen molar-refractivity contribution in [2.75, 3.05) is 13.7 Å². The second kappa shape index (κ2) is 5.01. The molecule has 0 heterocycles. The monoisotopic (exact) mass is 285 g/mol. The Labute approximate surface area is 128 Å². The minimum atomic E-state index is 0.489. The lowest BCUT2D eigenvalue weighted by atomic mass is 9.91. The van der Waals surface area contributed by atoms with Crippen LogP contribution in [0.3, 0.4) is 0 Å².